The molecule has 2 N–H and O–H groups in total. The summed E-state index contributed by atoms with van der Waals surface area (Å²) in [4.78, 5) is 37.7. The number of imide groups is 1. The monoisotopic (exact) mass is 405 g/mol. The maximum Gasteiger partial charge on any atom is 0.344 e. The summed E-state index contributed by atoms with van der Waals surface area (Å²) < 4.78 is 5.10. The molecule has 9 heteroatoms. The average molecular weight is 405 g/mol. The number of benzene rings is 2. The minimum Gasteiger partial charge on any atom is -0.423 e. The van der Waals surface area contributed by atoms with Gasteiger partial charge in [0, 0.05) is 11.1 Å². The summed E-state index contributed by atoms with van der Waals surface area (Å²) in [5, 5.41) is 10.8. The van der Waals surface area contributed by atoms with Crippen molar-refractivity contribution in [2.45, 2.75) is 25.3 Å². The Hall–Kier alpha value is -4.01. The van der Waals surface area contributed by atoms with Crippen LogP contribution in [0.5, 0.6) is 0 Å². The van der Waals surface area contributed by atoms with Crippen molar-refractivity contribution in [3.63, 3.8) is 0 Å². The van der Waals surface area contributed by atoms with Crippen LogP contribution in [0.15, 0.2) is 65.4 Å². The van der Waals surface area contributed by atoms with Crippen molar-refractivity contribution in [1.29, 1.82) is 0 Å². The van der Waals surface area contributed by atoms with Crippen molar-refractivity contribution >= 4 is 17.8 Å². The lowest BCUT2D eigenvalue weighted by molar-refractivity contribution is -0.132. The van der Waals surface area contributed by atoms with E-state index >= 15 is 0 Å². The summed E-state index contributed by atoms with van der Waals surface area (Å²) in [7, 11) is 0. The number of nitrogens with one attached hydrogen (secondary N) is 2. The molecule has 30 heavy (non-hydrogen) atoms. The Labute approximate surface area is 172 Å². The molecule has 1 saturated heterocycles. The Bertz CT molecular complexity index is 1070. The van der Waals surface area contributed by atoms with E-state index in [0.29, 0.717) is 24.3 Å². The molecular formula is C21H19N5O4. The first-order chi connectivity index (χ1) is 14.5. The molecule has 1 fully saturated rings. The molecule has 2 heterocycles. The second-order valence-corrected chi connectivity index (χ2v) is 7.15. The predicted molar refractivity (Wildman–Crippen MR) is 106 cm³/mol. The van der Waals surface area contributed by atoms with E-state index in [0.717, 1.165) is 10.6 Å². The van der Waals surface area contributed by atoms with Gasteiger partial charge in [-0.15, -0.1) is 10.2 Å². The first kappa shape index (κ1) is 19.3. The quantitative estimate of drug-likeness (QED) is 0.608. The molecular weight excluding hydrogens is 386 g/mol. The minimum atomic E-state index is -1.10. The first-order valence-corrected chi connectivity index (χ1v) is 9.34. The fourth-order valence-electron chi connectivity index (χ4n) is 3.22. The van der Waals surface area contributed by atoms with E-state index in [9.17, 15) is 14.4 Å². The average Bonchev–Trinajstić information content (AvgIpc) is 3.37. The zero-order valence-electron chi connectivity index (χ0n) is 16.2. The number of hydrogen-bond acceptors (Lipinski definition) is 6. The van der Waals surface area contributed by atoms with Crippen LogP contribution < -0.4 is 10.7 Å². The SMILES string of the molecule is C[C@]1(CCc2ccccc2)NC(=O)N(NC(=O)c2ccc(-c3nnco3)cc2)C1=O. The molecule has 0 spiro atoms. The molecule has 0 unspecified atom stereocenters. The van der Waals surface area contributed by atoms with E-state index in [1.54, 1.807) is 31.2 Å². The highest BCUT2D eigenvalue weighted by atomic mass is 16.4. The molecule has 1 aliphatic rings. The molecule has 9 nitrogen and oxygen atoms in total. The zero-order chi connectivity index (χ0) is 21.1. The fourth-order valence-corrected chi connectivity index (χ4v) is 3.22. The van der Waals surface area contributed by atoms with Crippen molar-refractivity contribution < 1.29 is 18.8 Å². The smallest absolute Gasteiger partial charge is 0.344 e. The molecule has 0 saturated carbocycles. The highest BCUT2D eigenvalue weighted by Gasteiger charge is 2.48. The third-order valence-electron chi connectivity index (χ3n) is 4.98. The van der Waals surface area contributed by atoms with Crippen LogP contribution in [0.2, 0.25) is 0 Å². The predicted octanol–water partition coefficient (Wildman–Crippen LogP) is 2.32. The summed E-state index contributed by atoms with van der Waals surface area (Å²) in [5.41, 5.74) is 3.27. The Balaban J connectivity index is 1.42. The topological polar surface area (TPSA) is 117 Å². The van der Waals surface area contributed by atoms with Crippen LogP contribution in [-0.2, 0) is 11.2 Å². The van der Waals surface area contributed by atoms with E-state index in [2.05, 4.69) is 20.9 Å². The Kier molecular flexibility index (Phi) is 5.01. The van der Waals surface area contributed by atoms with Crippen molar-refractivity contribution in [3.05, 3.63) is 72.1 Å². The van der Waals surface area contributed by atoms with Crippen LogP contribution in [0.3, 0.4) is 0 Å². The van der Waals surface area contributed by atoms with Gasteiger partial charge in [-0.2, -0.15) is 5.01 Å². The minimum absolute atomic E-state index is 0.275. The number of rotatable bonds is 6. The van der Waals surface area contributed by atoms with Gasteiger partial charge in [0.25, 0.3) is 11.8 Å². The largest absolute Gasteiger partial charge is 0.423 e. The van der Waals surface area contributed by atoms with Crippen LogP contribution in [0.1, 0.15) is 29.3 Å². The maximum atomic E-state index is 12.8. The zero-order valence-corrected chi connectivity index (χ0v) is 16.2. The maximum absolute atomic E-state index is 12.8. The summed E-state index contributed by atoms with van der Waals surface area (Å²) in [5.74, 6) is -0.757. The molecule has 1 atom stereocenters. The molecule has 3 aromatic rings. The Morgan fingerprint density at radius 3 is 2.53 bits per heavy atom. The number of nitrogens with zero attached hydrogens (tertiary/aromatic N) is 3. The highest BCUT2D eigenvalue weighted by molar-refractivity contribution is 6.09. The van der Waals surface area contributed by atoms with Gasteiger partial charge >= 0.3 is 6.03 Å². The van der Waals surface area contributed by atoms with Crippen LogP contribution >= 0.6 is 0 Å². The number of hydrazine groups is 1. The molecule has 0 radical (unpaired) electrons. The number of urea groups is 1. The van der Waals surface area contributed by atoms with Gasteiger partial charge in [-0.1, -0.05) is 30.3 Å². The van der Waals surface area contributed by atoms with Gasteiger partial charge in [0.15, 0.2) is 0 Å². The number of aromatic nitrogens is 2. The third kappa shape index (κ3) is 3.77. The van der Waals surface area contributed by atoms with Gasteiger partial charge < -0.3 is 9.73 Å². The lowest BCUT2D eigenvalue weighted by Gasteiger charge is -2.21. The van der Waals surface area contributed by atoms with E-state index in [1.165, 1.54) is 6.39 Å². The standard InChI is InChI=1S/C21H19N5O4/c1-21(12-11-14-5-3-2-4-6-14)19(28)26(20(29)23-21)25-17(27)15-7-9-16(10-8-15)18-24-22-13-30-18/h2-10,13H,11-12H2,1H3,(H,23,29)(H,25,27)/t21-/m1/s1. The van der Waals surface area contributed by atoms with Gasteiger partial charge in [-0.05, 0) is 49.6 Å². The summed E-state index contributed by atoms with van der Waals surface area (Å²) >= 11 is 0. The van der Waals surface area contributed by atoms with Gasteiger partial charge in [-0.3, -0.25) is 15.0 Å². The number of carbonyl (C=O) groups is 3. The van der Waals surface area contributed by atoms with Crippen molar-refractivity contribution in [3.8, 4) is 11.5 Å². The molecule has 152 valence electrons. The summed E-state index contributed by atoms with van der Waals surface area (Å²) in [6, 6.07) is 15.4. The van der Waals surface area contributed by atoms with Gasteiger partial charge in [-0.25, -0.2) is 4.79 Å². The molecule has 4 amide bonds. The third-order valence-corrected chi connectivity index (χ3v) is 4.98. The van der Waals surface area contributed by atoms with E-state index < -0.39 is 23.4 Å². The van der Waals surface area contributed by atoms with Crippen LogP contribution in [-0.4, -0.2) is 38.6 Å². The molecule has 2 aromatic carbocycles. The van der Waals surface area contributed by atoms with E-state index in [4.69, 9.17) is 4.42 Å². The second-order valence-electron chi connectivity index (χ2n) is 7.15. The number of aryl methyl sites for hydroxylation is 1. The van der Waals surface area contributed by atoms with Crippen LogP contribution in [0.4, 0.5) is 4.79 Å². The van der Waals surface area contributed by atoms with Crippen molar-refractivity contribution in [2.75, 3.05) is 0 Å². The second kappa shape index (κ2) is 7.78. The van der Waals surface area contributed by atoms with Gasteiger partial charge in [0.1, 0.15) is 5.54 Å². The van der Waals surface area contributed by atoms with Crippen LogP contribution in [0, 0.1) is 0 Å². The lowest BCUT2D eigenvalue weighted by Crippen LogP contribution is -2.48. The van der Waals surface area contributed by atoms with E-state index in [-0.39, 0.29) is 5.56 Å². The van der Waals surface area contributed by atoms with Crippen LogP contribution in [0.25, 0.3) is 11.5 Å². The molecule has 0 aliphatic carbocycles. The summed E-state index contributed by atoms with van der Waals surface area (Å²) in [6.07, 6.45) is 2.23. The summed E-state index contributed by atoms with van der Waals surface area (Å²) in [6.45, 7) is 1.65. The normalized spacial score (nSPS) is 18.4. The molecule has 1 aromatic heterocycles. The fraction of sp³-hybridized carbons (Fsp3) is 0.190. The molecule has 0 bridgehead atoms. The van der Waals surface area contributed by atoms with Crippen molar-refractivity contribution in [1.82, 2.24) is 25.9 Å². The number of hydrogen-bond donors (Lipinski definition) is 2. The Morgan fingerprint density at radius 1 is 1.13 bits per heavy atom. The first-order valence-electron chi connectivity index (χ1n) is 9.34. The van der Waals surface area contributed by atoms with E-state index in [1.807, 2.05) is 30.3 Å². The molecule has 1 aliphatic heterocycles. The lowest BCUT2D eigenvalue weighted by atomic mass is 9.93. The van der Waals surface area contributed by atoms with Gasteiger partial charge in [0.05, 0.1) is 0 Å². The highest BCUT2D eigenvalue weighted by Crippen LogP contribution is 2.23. The molecule has 4 rings (SSSR count). The number of amides is 4. The Morgan fingerprint density at radius 2 is 1.87 bits per heavy atom. The van der Waals surface area contributed by atoms with Crippen molar-refractivity contribution in [2.24, 2.45) is 0 Å². The van der Waals surface area contributed by atoms with Gasteiger partial charge in [0.2, 0.25) is 12.3 Å². The number of carbonyl (C=O) groups excluding carboxylic acids is 3.